The lowest BCUT2D eigenvalue weighted by molar-refractivity contribution is -0.137. The fraction of sp³-hybridized carbons (Fsp3) is 0.611. The van der Waals surface area contributed by atoms with Gasteiger partial charge < -0.3 is 11.1 Å². The molecule has 1 aliphatic carbocycles. The normalized spacial score (nSPS) is 22.9. The van der Waals surface area contributed by atoms with Gasteiger partial charge >= 0.3 is 6.18 Å². The molecule has 134 valence electrons. The maximum Gasteiger partial charge on any atom is 0.416 e. The smallest absolute Gasteiger partial charge is 0.353 e. The number of hydrogen-bond donors (Lipinski definition) is 2. The van der Waals surface area contributed by atoms with Crippen molar-refractivity contribution < 1.29 is 18.0 Å². The van der Waals surface area contributed by atoms with Gasteiger partial charge in [-0.3, -0.25) is 4.79 Å². The number of hydrogen-bond acceptors (Lipinski definition) is 2. The van der Waals surface area contributed by atoms with Crippen LogP contribution in [-0.4, -0.2) is 18.5 Å². The Morgan fingerprint density at radius 1 is 1.33 bits per heavy atom. The lowest BCUT2D eigenvalue weighted by Crippen LogP contribution is -2.44. The van der Waals surface area contributed by atoms with E-state index in [2.05, 4.69) is 5.32 Å². The summed E-state index contributed by atoms with van der Waals surface area (Å²) in [6, 6.07) is 5.28. The molecule has 1 saturated carbocycles. The zero-order chi connectivity index (χ0) is 17.7. The van der Waals surface area contributed by atoms with E-state index >= 15 is 0 Å². The zero-order valence-electron chi connectivity index (χ0n) is 13.9. The number of alkyl halides is 3. The summed E-state index contributed by atoms with van der Waals surface area (Å²) in [4.78, 5) is 12.3. The van der Waals surface area contributed by atoms with Gasteiger partial charge in [0.2, 0.25) is 5.91 Å². The predicted octanol–water partition coefficient (Wildman–Crippen LogP) is 3.83. The first-order valence-electron chi connectivity index (χ1n) is 8.48. The van der Waals surface area contributed by atoms with Gasteiger partial charge in [0.1, 0.15) is 0 Å². The molecular formula is C18H25F3N2O. The average Bonchev–Trinajstić information content (AvgIpc) is 2.54. The molecule has 24 heavy (non-hydrogen) atoms. The molecule has 1 aromatic carbocycles. The van der Waals surface area contributed by atoms with Gasteiger partial charge in [-0.15, -0.1) is 0 Å². The first-order chi connectivity index (χ1) is 11.3. The van der Waals surface area contributed by atoms with Crippen LogP contribution in [0.15, 0.2) is 24.3 Å². The van der Waals surface area contributed by atoms with E-state index in [-0.39, 0.29) is 24.3 Å². The molecule has 0 aromatic heterocycles. The molecule has 0 saturated heterocycles. The Balaban J connectivity index is 1.96. The van der Waals surface area contributed by atoms with Crippen molar-refractivity contribution in [2.45, 2.75) is 57.2 Å². The molecule has 1 aromatic rings. The van der Waals surface area contributed by atoms with Gasteiger partial charge in [-0.1, -0.05) is 38.0 Å². The van der Waals surface area contributed by atoms with E-state index in [1.807, 2.05) is 0 Å². The number of carbonyl (C=O) groups is 1. The number of halogens is 3. The highest BCUT2D eigenvalue weighted by Gasteiger charge is 2.31. The van der Waals surface area contributed by atoms with Crippen LogP contribution in [0, 0.1) is 5.92 Å². The van der Waals surface area contributed by atoms with Crippen molar-refractivity contribution in [3.8, 4) is 0 Å². The molecule has 3 atom stereocenters. The van der Waals surface area contributed by atoms with Crippen molar-refractivity contribution in [2.24, 2.45) is 11.7 Å². The fourth-order valence-electron chi connectivity index (χ4n) is 3.36. The Kier molecular flexibility index (Phi) is 6.27. The summed E-state index contributed by atoms with van der Waals surface area (Å²) >= 11 is 0. The molecule has 1 aliphatic rings. The lowest BCUT2D eigenvalue weighted by Gasteiger charge is -2.31. The number of carbonyl (C=O) groups excluding carboxylic acids is 1. The van der Waals surface area contributed by atoms with Crippen LogP contribution in [0.5, 0.6) is 0 Å². The minimum Gasteiger partial charge on any atom is -0.353 e. The Hall–Kier alpha value is -1.56. The Morgan fingerprint density at radius 2 is 2.04 bits per heavy atom. The van der Waals surface area contributed by atoms with E-state index in [0.29, 0.717) is 18.0 Å². The highest BCUT2D eigenvalue weighted by molar-refractivity contribution is 5.77. The molecule has 0 radical (unpaired) electrons. The molecule has 1 fully saturated rings. The first-order valence-corrected chi connectivity index (χ1v) is 8.48. The van der Waals surface area contributed by atoms with E-state index in [1.165, 1.54) is 6.07 Å². The minimum atomic E-state index is -4.37. The quantitative estimate of drug-likeness (QED) is 0.854. The summed E-state index contributed by atoms with van der Waals surface area (Å²) in [5.74, 6) is -0.0935. The molecule has 0 aliphatic heterocycles. The van der Waals surface area contributed by atoms with Crippen molar-refractivity contribution in [3.05, 3.63) is 35.4 Å². The molecule has 2 rings (SSSR count). The Morgan fingerprint density at radius 3 is 2.71 bits per heavy atom. The summed E-state index contributed by atoms with van der Waals surface area (Å²) in [6.07, 6.45) is -0.0424. The lowest BCUT2D eigenvalue weighted by atomic mass is 9.84. The van der Waals surface area contributed by atoms with Crippen LogP contribution >= 0.6 is 0 Å². The molecule has 0 bridgehead atoms. The molecule has 3 nitrogen and oxygen atoms in total. The highest BCUT2D eigenvalue weighted by atomic mass is 19.4. The molecule has 6 heteroatoms. The summed E-state index contributed by atoms with van der Waals surface area (Å²) < 4.78 is 38.4. The van der Waals surface area contributed by atoms with E-state index < -0.39 is 11.7 Å². The van der Waals surface area contributed by atoms with E-state index in [0.717, 1.165) is 37.8 Å². The summed E-state index contributed by atoms with van der Waals surface area (Å²) in [5.41, 5.74) is 5.61. The SMILES string of the molecule is CC(CC(=O)NC1CCCCC1CN)c1cccc(C(F)(F)F)c1. The molecule has 3 unspecified atom stereocenters. The summed E-state index contributed by atoms with van der Waals surface area (Å²) in [5, 5.41) is 3.02. The van der Waals surface area contributed by atoms with Crippen LogP contribution in [0.25, 0.3) is 0 Å². The van der Waals surface area contributed by atoms with Crippen LogP contribution in [0.2, 0.25) is 0 Å². The van der Waals surface area contributed by atoms with Gasteiger partial charge in [0.15, 0.2) is 0 Å². The van der Waals surface area contributed by atoms with Crippen LogP contribution in [0.1, 0.15) is 56.1 Å². The first kappa shape index (κ1) is 18.8. The van der Waals surface area contributed by atoms with Crippen molar-refractivity contribution >= 4 is 5.91 Å². The molecule has 3 N–H and O–H groups in total. The van der Waals surface area contributed by atoms with Gasteiger partial charge in [-0.05, 0) is 42.9 Å². The van der Waals surface area contributed by atoms with Gasteiger partial charge in [0.25, 0.3) is 0 Å². The number of nitrogens with one attached hydrogen (secondary N) is 1. The third kappa shape index (κ3) is 4.97. The van der Waals surface area contributed by atoms with Crippen molar-refractivity contribution in [1.82, 2.24) is 5.32 Å². The Bertz CT molecular complexity index is 559. The minimum absolute atomic E-state index is 0.0879. The highest BCUT2D eigenvalue weighted by Crippen LogP contribution is 2.32. The number of rotatable bonds is 5. The third-order valence-electron chi connectivity index (χ3n) is 4.83. The molecule has 0 spiro atoms. The summed E-state index contributed by atoms with van der Waals surface area (Å²) in [7, 11) is 0. The number of nitrogens with two attached hydrogens (primary N) is 1. The molecule has 1 amide bonds. The maximum atomic E-state index is 12.8. The van der Waals surface area contributed by atoms with Gasteiger partial charge in [-0.2, -0.15) is 13.2 Å². The van der Waals surface area contributed by atoms with E-state index in [4.69, 9.17) is 5.73 Å². The van der Waals surface area contributed by atoms with Gasteiger partial charge in [0, 0.05) is 12.5 Å². The van der Waals surface area contributed by atoms with Crippen molar-refractivity contribution in [2.75, 3.05) is 6.54 Å². The van der Waals surface area contributed by atoms with E-state index in [9.17, 15) is 18.0 Å². The van der Waals surface area contributed by atoms with Crippen LogP contribution < -0.4 is 11.1 Å². The average molecular weight is 342 g/mol. The monoisotopic (exact) mass is 342 g/mol. The molecular weight excluding hydrogens is 317 g/mol. The topological polar surface area (TPSA) is 55.1 Å². The second-order valence-corrected chi connectivity index (χ2v) is 6.68. The van der Waals surface area contributed by atoms with E-state index in [1.54, 1.807) is 13.0 Å². The predicted molar refractivity (Wildman–Crippen MR) is 87.4 cm³/mol. The standard InChI is InChI=1S/C18H25F3N2O/c1-12(13-6-4-7-15(10-13)18(19,20)21)9-17(24)23-16-8-3-2-5-14(16)11-22/h4,6-7,10,12,14,16H,2-3,5,8-9,11,22H2,1H3,(H,23,24). The second kappa shape index (κ2) is 8.01. The third-order valence-corrected chi connectivity index (χ3v) is 4.83. The van der Waals surface area contributed by atoms with Gasteiger partial charge in [-0.25, -0.2) is 0 Å². The summed E-state index contributed by atoms with van der Waals surface area (Å²) in [6.45, 7) is 2.32. The van der Waals surface area contributed by atoms with Crippen molar-refractivity contribution in [3.63, 3.8) is 0 Å². The maximum absolute atomic E-state index is 12.8. The zero-order valence-corrected chi connectivity index (χ0v) is 13.9. The Labute approximate surface area is 140 Å². The fourth-order valence-corrected chi connectivity index (χ4v) is 3.36. The van der Waals surface area contributed by atoms with Crippen LogP contribution in [0.3, 0.4) is 0 Å². The van der Waals surface area contributed by atoms with Gasteiger partial charge in [0.05, 0.1) is 5.56 Å². The number of amides is 1. The number of benzene rings is 1. The molecule has 0 heterocycles. The van der Waals surface area contributed by atoms with Crippen LogP contribution in [-0.2, 0) is 11.0 Å². The largest absolute Gasteiger partial charge is 0.416 e. The van der Waals surface area contributed by atoms with Crippen LogP contribution in [0.4, 0.5) is 13.2 Å². The second-order valence-electron chi connectivity index (χ2n) is 6.68. The van der Waals surface area contributed by atoms with Crippen molar-refractivity contribution in [1.29, 1.82) is 0 Å².